The summed E-state index contributed by atoms with van der Waals surface area (Å²) >= 11 is 1.80. The molecule has 0 amide bonds. The molecule has 1 aromatic carbocycles. The van der Waals surface area contributed by atoms with Crippen LogP contribution in [0.15, 0.2) is 40.7 Å². The van der Waals surface area contributed by atoms with Crippen LogP contribution in [-0.4, -0.2) is 57.8 Å². The third kappa shape index (κ3) is 4.86. The number of rotatable bonds is 6. The van der Waals surface area contributed by atoms with Crippen LogP contribution in [-0.2, 0) is 6.54 Å². The van der Waals surface area contributed by atoms with Gasteiger partial charge in [0.2, 0.25) is 0 Å². The summed E-state index contributed by atoms with van der Waals surface area (Å²) in [6, 6.07) is 10.3. The summed E-state index contributed by atoms with van der Waals surface area (Å²) in [7, 11) is 3.50. The number of nitrogens with one attached hydrogen (secondary N) is 1. The Balaban J connectivity index is 1.56. The summed E-state index contributed by atoms with van der Waals surface area (Å²) in [5.41, 5.74) is 1.14. The molecule has 1 aliphatic rings. The average molecular weight is 389 g/mol. The molecular weight excluding hydrogens is 360 g/mol. The SMILES string of the molecule is CCOc1cc(CNC(=NC)N2CCN(c3cccs3)CC2)ccc1OC. The third-order valence-electron chi connectivity index (χ3n) is 4.59. The second-order valence-corrected chi connectivity index (χ2v) is 7.17. The molecule has 0 spiro atoms. The Bertz CT molecular complexity index is 740. The topological polar surface area (TPSA) is 49.3 Å². The van der Waals surface area contributed by atoms with E-state index in [2.05, 4.69) is 43.7 Å². The van der Waals surface area contributed by atoms with Gasteiger partial charge in [-0.1, -0.05) is 6.07 Å². The number of nitrogens with zero attached hydrogens (tertiary/aromatic N) is 3. The summed E-state index contributed by atoms with van der Waals surface area (Å²) in [5, 5.41) is 6.95. The maximum absolute atomic E-state index is 5.67. The van der Waals surface area contributed by atoms with E-state index in [1.54, 1.807) is 18.4 Å². The standard InChI is InChI=1S/C20H28N4O2S/c1-4-26-18-14-16(7-8-17(18)25-3)15-22-20(21-2)24-11-9-23(10-12-24)19-6-5-13-27-19/h5-8,13-14H,4,9-12,15H2,1-3H3,(H,21,22). The molecular formula is C20H28N4O2S. The lowest BCUT2D eigenvalue weighted by atomic mass is 10.2. The Morgan fingerprint density at radius 3 is 2.63 bits per heavy atom. The van der Waals surface area contributed by atoms with Gasteiger partial charge in [-0.25, -0.2) is 0 Å². The van der Waals surface area contributed by atoms with Crippen molar-refractivity contribution in [3.05, 3.63) is 41.3 Å². The first-order valence-corrected chi connectivity index (χ1v) is 10.2. The first-order valence-electron chi connectivity index (χ1n) is 9.29. The van der Waals surface area contributed by atoms with Gasteiger partial charge in [0.1, 0.15) is 0 Å². The van der Waals surface area contributed by atoms with Crippen LogP contribution in [0.4, 0.5) is 5.00 Å². The normalized spacial score (nSPS) is 15.0. The highest BCUT2D eigenvalue weighted by Gasteiger charge is 2.20. The molecule has 1 N–H and O–H groups in total. The fourth-order valence-corrected chi connectivity index (χ4v) is 3.99. The fraction of sp³-hybridized carbons (Fsp3) is 0.450. The van der Waals surface area contributed by atoms with E-state index in [4.69, 9.17) is 9.47 Å². The molecule has 1 fully saturated rings. The molecule has 3 rings (SSSR count). The Labute approximate surface area is 165 Å². The third-order valence-corrected chi connectivity index (χ3v) is 5.52. The van der Waals surface area contributed by atoms with E-state index in [1.165, 1.54) is 5.00 Å². The Hall–Kier alpha value is -2.41. The van der Waals surface area contributed by atoms with Crippen LogP contribution in [0.1, 0.15) is 12.5 Å². The highest BCUT2D eigenvalue weighted by Crippen LogP contribution is 2.28. The smallest absolute Gasteiger partial charge is 0.194 e. The van der Waals surface area contributed by atoms with Crippen molar-refractivity contribution < 1.29 is 9.47 Å². The maximum Gasteiger partial charge on any atom is 0.194 e. The van der Waals surface area contributed by atoms with E-state index in [-0.39, 0.29) is 0 Å². The highest BCUT2D eigenvalue weighted by molar-refractivity contribution is 7.14. The maximum atomic E-state index is 5.67. The molecule has 6 nitrogen and oxygen atoms in total. The number of aliphatic imine (C=N–C) groups is 1. The van der Waals surface area contributed by atoms with Crippen LogP contribution >= 0.6 is 11.3 Å². The summed E-state index contributed by atoms with van der Waals surface area (Å²) < 4.78 is 11.0. The molecule has 0 radical (unpaired) electrons. The molecule has 0 atom stereocenters. The van der Waals surface area contributed by atoms with Gasteiger partial charge in [0.25, 0.3) is 0 Å². The van der Waals surface area contributed by atoms with Gasteiger partial charge in [-0.15, -0.1) is 11.3 Å². The second-order valence-electron chi connectivity index (χ2n) is 6.24. The lowest BCUT2D eigenvalue weighted by Crippen LogP contribution is -2.52. The summed E-state index contributed by atoms with van der Waals surface area (Å²) in [6.45, 7) is 7.23. The molecule has 27 heavy (non-hydrogen) atoms. The van der Waals surface area contributed by atoms with Gasteiger partial charge in [-0.05, 0) is 42.1 Å². The van der Waals surface area contributed by atoms with E-state index in [0.717, 1.165) is 49.2 Å². The predicted molar refractivity (Wildman–Crippen MR) is 112 cm³/mol. The van der Waals surface area contributed by atoms with E-state index in [9.17, 15) is 0 Å². The van der Waals surface area contributed by atoms with E-state index >= 15 is 0 Å². The molecule has 146 valence electrons. The van der Waals surface area contributed by atoms with Crippen LogP contribution in [0.25, 0.3) is 0 Å². The number of hydrogen-bond acceptors (Lipinski definition) is 5. The van der Waals surface area contributed by atoms with Crippen molar-refractivity contribution in [3.63, 3.8) is 0 Å². The molecule has 0 aliphatic carbocycles. The van der Waals surface area contributed by atoms with Crippen molar-refractivity contribution in [1.82, 2.24) is 10.2 Å². The minimum Gasteiger partial charge on any atom is -0.493 e. The molecule has 0 unspecified atom stereocenters. The lowest BCUT2D eigenvalue weighted by Gasteiger charge is -2.37. The zero-order valence-corrected chi connectivity index (χ0v) is 17.1. The van der Waals surface area contributed by atoms with Crippen LogP contribution in [0, 0.1) is 0 Å². The van der Waals surface area contributed by atoms with Gasteiger partial charge in [0.05, 0.1) is 18.7 Å². The van der Waals surface area contributed by atoms with Crippen molar-refractivity contribution in [1.29, 1.82) is 0 Å². The molecule has 7 heteroatoms. The van der Waals surface area contributed by atoms with Gasteiger partial charge >= 0.3 is 0 Å². The van der Waals surface area contributed by atoms with E-state index in [1.807, 2.05) is 26.1 Å². The predicted octanol–water partition coefficient (Wildman–Crippen LogP) is 3.05. The number of hydrogen-bond donors (Lipinski definition) is 1. The van der Waals surface area contributed by atoms with Crippen molar-refractivity contribution in [2.45, 2.75) is 13.5 Å². The zero-order valence-electron chi connectivity index (χ0n) is 16.3. The number of thiophene rings is 1. The molecule has 0 bridgehead atoms. The van der Waals surface area contributed by atoms with Gasteiger partial charge in [0, 0.05) is 39.8 Å². The van der Waals surface area contributed by atoms with Crippen molar-refractivity contribution >= 4 is 22.3 Å². The first-order chi connectivity index (χ1) is 13.2. The van der Waals surface area contributed by atoms with Crippen molar-refractivity contribution in [3.8, 4) is 11.5 Å². The number of benzene rings is 1. The minimum atomic E-state index is 0.615. The van der Waals surface area contributed by atoms with Crippen molar-refractivity contribution in [2.24, 2.45) is 4.99 Å². The molecule has 2 heterocycles. The molecule has 2 aromatic rings. The molecule has 1 saturated heterocycles. The quantitative estimate of drug-likeness (QED) is 0.609. The average Bonchev–Trinajstić information content (AvgIpc) is 3.24. The number of piperazine rings is 1. The Kier molecular flexibility index (Phi) is 6.81. The van der Waals surface area contributed by atoms with Crippen LogP contribution < -0.4 is 19.7 Å². The van der Waals surface area contributed by atoms with Gasteiger partial charge in [-0.2, -0.15) is 0 Å². The van der Waals surface area contributed by atoms with Crippen LogP contribution in [0.5, 0.6) is 11.5 Å². The lowest BCUT2D eigenvalue weighted by molar-refractivity contribution is 0.310. The van der Waals surface area contributed by atoms with Crippen LogP contribution in [0.3, 0.4) is 0 Å². The summed E-state index contributed by atoms with van der Waals surface area (Å²) in [6.07, 6.45) is 0. The summed E-state index contributed by atoms with van der Waals surface area (Å²) in [5.74, 6) is 2.48. The Morgan fingerprint density at radius 1 is 1.19 bits per heavy atom. The van der Waals surface area contributed by atoms with Gasteiger partial charge in [-0.3, -0.25) is 4.99 Å². The highest BCUT2D eigenvalue weighted by atomic mass is 32.1. The first kappa shape index (κ1) is 19.4. The number of ether oxygens (including phenoxy) is 2. The second kappa shape index (κ2) is 9.50. The Morgan fingerprint density at radius 2 is 2.00 bits per heavy atom. The van der Waals surface area contributed by atoms with Crippen LogP contribution in [0.2, 0.25) is 0 Å². The number of anilines is 1. The van der Waals surface area contributed by atoms with Gasteiger partial charge < -0.3 is 24.6 Å². The molecule has 0 saturated carbocycles. The summed E-state index contributed by atoms with van der Waals surface area (Å²) in [4.78, 5) is 9.22. The number of guanidine groups is 1. The fourth-order valence-electron chi connectivity index (χ4n) is 3.20. The largest absolute Gasteiger partial charge is 0.493 e. The minimum absolute atomic E-state index is 0.615. The monoisotopic (exact) mass is 388 g/mol. The molecule has 1 aromatic heterocycles. The van der Waals surface area contributed by atoms with E-state index < -0.39 is 0 Å². The van der Waals surface area contributed by atoms with Crippen molar-refractivity contribution in [2.75, 3.05) is 51.8 Å². The zero-order chi connectivity index (χ0) is 19.1. The molecule has 1 aliphatic heterocycles. The van der Waals surface area contributed by atoms with Gasteiger partial charge in [0.15, 0.2) is 17.5 Å². The van der Waals surface area contributed by atoms with E-state index in [0.29, 0.717) is 13.2 Å². The number of methoxy groups -OCH3 is 1.